The summed E-state index contributed by atoms with van der Waals surface area (Å²) in [5, 5.41) is 8.69. The molecule has 0 aliphatic rings. The predicted molar refractivity (Wildman–Crippen MR) is 114 cm³/mol. The fourth-order valence-electron chi connectivity index (χ4n) is 3.01. The Morgan fingerprint density at radius 3 is 2.65 bits per heavy atom. The highest BCUT2D eigenvalue weighted by Gasteiger charge is 2.27. The van der Waals surface area contributed by atoms with Crippen molar-refractivity contribution in [1.29, 1.82) is 0 Å². The first-order valence-corrected chi connectivity index (χ1v) is 11.2. The number of hydrogen-bond donors (Lipinski definition) is 3. The van der Waals surface area contributed by atoms with E-state index in [2.05, 4.69) is 9.71 Å². The number of carbonyl (C=O) groups excluding carboxylic acids is 1. The number of aliphatic hydroxyl groups excluding tert-OH is 1. The lowest BCUT2D eigenvalue weighted by Gasteiger charge is -2.29. The highest BCUT2D eigenvalue weighted by molar-refractivity contribution is 7.89. The molecule has 1 amide bonds. The number of nitrogens with one attached hydrogen (secondary N) is 2. The Bertz CT molecular complexity index is 1090. The van der Waals surface area contributed by atoms with Crippen LogP contribution in [0.15, 0.2) is 34.1 Å². The van der Waals surface area contributed by atoms with Crippen LogP contribution >= 0.6 is 0 Å². The Morgan fingerprint density at radius 2 is 2.03 bits per heavy atom. The first-order valence-electron chi connectivity index (χ1n) is 9.76. The number of sulfonamides is 1. The number of aromatic amines is 1. The van der Waals surface area contributed by atoms with E-state index in [1.807, 2.05) is 0 Å². The van der Waals surface area contributed by atoms with E-state index in [1.165, 1.54) is 23.1 Å². The van der Waals surface area contributed by atoms with Crippen LogP contribution in [0.25, 0.3) is 10.8 Å². The number of rotatable bonds is 8. The largest absolute Gasteiger partial charge is 0.444 e. The molecule has 1 heterocycles. The molecular weight excluding hydrogens is 429 g/mol. The van der Waals surface area contributed by atoms with Gasteiger partial charge < -0.3 is 19.7 Å². The number of pyridine rings is 1. The van der Waals surface area contributed by atoms with Crippen LogP contribution in [0.3, 0.4) is 0 Å². The number of benzene rings is 1. The summed E-state index contributed by atoms with van der Waals surface area (Å²) in [6.45, 7) is 6.64. The molecule has 0 radical (unpaired) electrons. The van der Waals surface area contributed by atoms with Gasteiger partial charge in [0.25, 0.3) is 5.56 Å². The zero-order valence-corrected chi connectivity index (χ0v) is 18.8. The van der Waals surface area contributed by atoms with Gasteiger partial charge in [-0.25, -0.2) is 22.3 Å². The molecule has 1 aromatic carbocycles. The summed E-state index contributed by atoms with van der Waals surface area (Å²) in [4.78, 5) is 27.5. The number of halogens is 1. The van der Waals surface area contributed by atoms with Crippen molar-refractivity contribution in [2.75, 3.05) is 19.7 Å². The van der Waals surface area contributed by atoms with E-state index in [9.17, 15) is 22.4 Å². The monoisotopic (exact) mass is 457 g/mol. The van der Waals surface area contributed by atoms with Crippen LogP contribution in [0.1, 0.15) is 34.1 Å². The third-order valence-corrected chi connectivity index (χ3v) is 5.85. The number of H-pyrrole nitrogens is 1. The molecule has 0 aliphatic heterocycles. The van der Waals surface area contributed by atoms with Gasteiger partial charge in [-0.1, -0.05) is 6.07 Å². The number of amides is 1. The fraction of sp³-hybridized carbons (Fsp3) is 0.500. The number of aromatic nitrogens is 1. The maximum atomic E-state index is 14.4. The van der Waals surface area contributed by atoms with Gasteiger partial charge in [0.1, 0.15) is 11.4 Å². The maximum Gasteiger partial charge on any atom is 0.410 e. The van der Waals surface area contributed by atoms with E-state index < -0.39 is 39.1 Å². The molecule has 1 atom stereocenters. The molecule has 9 nitrogen and oxygen atoms in total. The summed E-state index contributed by atoms with van der Waals surface area (Å²) in [5.41, 5.74) is -1.35. The molecule has 0 aliphatic carbocycles. The third kappa shape index (κ3) is 6.49. The second-order valence-electron chi connectivity index (χ2n) is 8.17. The number of aliphatic hydroxyl groups is 1. The van der Waals surface area contributed by atoms with Gasteiger partial charge in [-0.15, -0.1) is 0 Å². The van der Waals surface area contributed by atoms with E-state index in [0.717, 1.165) is 6.20 Å². The summed E-state index contributed by atoms with van der Waals surface area (Å²) < 4.78 is 48.0. The molecular formula is C20H28FN3O6S. The summed E-state index contributed by atoms with van der Waals surface area (Å²) in [5.74, 6) is -0.874. The van der Waals surface area contributed by atoms with Crippen LogP contribution in [0.4, 0.5) is 9.18 Å². The molecule has 0 saturated carbocycles. The fourth-order valence-corrected chi connectivity index (χ4v) is 4.48. The van der Waals surface area contributed by atoms with Crippen molar-refractivity contribution in [2.24, 2.45) is 0 Å². The SMILES string of the molecule is CC(CN(CCCO)C(=O)OC(C)(C)C)NS(=O)(=O)c1cccc2c(=O)[nH]cc(F)c12. The van der Waals surface area contributed by atoms with Crippen molar-refractivity contribution in [3.8, 4) is 0 Å². The lowest BCUT2D eigenvalue weighted by Crippen LogP contribution is -2.46. The summed E-state index contributed by atoms with van der Waals surface area (Å²) >= 11 is 0. The minimum atomic E-state index is -4.22. The zero-order valence-electron chi connectivity index (χ0n) is 17.9. The van der Waals surface area contributed by atoms with Gasteiger partial charge in [0.2, 0.25) is 10.0 Å². The molecule has 0 saturated heterocycles. The summed E-state index contributed by atoms with van der Waals surface area (Å²) in [7, 11) is -4.22. The van der Waals surface area contributed by atoms with E-state index in [4.69, 9.17) is 9.84 Å². The van der Waals surface area contributed by atoms with Crippen molar-refractivity contribution in [2.45, 2.75) is 50.7 Å². The average Bonchev–Trinajstić information content (AvgIpc) is 2.65. The normalized spacial score (nSPS) is 13.2. The lowest BCUT2D eigenvalue weighted by atomic mass is 10.2. The van der Waals surface area contributed by atoms with Crippen molar-refractivity contribution < 1.29 is 27.4 Å². The number of fused-ring (bicyclic) bond motifs is 1. The number of carbonyl (C=O) groups is 1. The van der Waals surface area contributed by atoms with Crippen LogP contribution in [0, 0.1) is 5.82 Å². The molecule has 2 aromatic rings. The topological polar surface area (TPSA) is 129 Å². The molecule has 31 heavy (non-hydrogen) atoms. The Labute approximate surface area is 180 Å². The van der Waals surface area contributed by atoms with Crippen molar-refractivity contribution in [1.82, 2.24) is 14.6 Å². The summed E-state index contributed by atoms with van der Waals surface area (Å²) in [6, 6.07) is 3.12. The smallest absolute Gasteiger partial charge is 0.410 e. The molecule has 11 heteroatoms. The number of ether oxygens (including phenoxy) is 1. The van der Waals surface area contributed by atoms with Crippen molar-refractivity contribution >= 4 is 26.9 Å². The Balaban J connectivity index is 2.28. The molecule has 0 bridgehead atoms. The van der Waals surface area contributed by atoms with Crippen LogP contribution in [-0.4, -0.2) is 60.8 Å². The van der Waals surface area contributed by atoms with Gasteiger partial charge >= 0.3 is 6.09 Å². The van der Waals surface area contributed by atoms with E-state index in [-0.39, 0.29) is 41.8 Å². The molecule has 0 fully saturated rings. The molecule has 1 aromatic heterocycles. The van der Waals surface area contributed by atoms with Gasteiger partial charge in [0.15, 0.2) is 0 Å². The minimum absolute atomic E-state index is 0.0397. The van der Waals surface area contributed by atoms with E-state index in [0.29, 0.717) is 0 Å². The van der Waals surface area contributed by atoms with Crippen LogP contribution < -0.4 is 10.3 Å². The van der Waals surface area contributed by atoms with Crippen molar-refractivity contribution in [3.05, 3.63) is 40.6 Å². The third-order valence-electron chi connectivity index (χ3n) is 4.22. The predicted octanol–water partition coefficient (Wildman–Crippen LogP) is 1.95. The molecule has 172 valence electrons. The van der Waals surface area contributed by atoms with E-state index in [1.54, 1.807) is 27.7 Å². The Hall–Kier alpha value is -2.50. The molecule has 0 spiro atoms. The maximum absolute atomic E-state index is 14.4. The van der Waals surface area contributed by atoms with Gasteiger partial charge in [0.05, 0.1) is 10.3 Å². The second-order valence-corrected chi connectivity index (χ2v) is 9.85. The highest BCUT2D eigenvalue weighted by Crippen LogP contribution is 2.23. The molecule has 2 rings (SSSR count). The second kappa shape index (κ2) is 9.75. The molecule has 1 unspecified atom stereocenters. The van der Waals surface area contributed by atoms with Gasteiger partial charge in [-0.05, 0) is 46.2 Å². The van der Waals surface area contributed by atoms with Gasteiger partial charge in [0, 0.05) is 37.3 Å². The number of nitrogens with zero attached hydrogens (tertiary/aromatic N) is 1. The standard InChI is InChI=1S/C20H28FN3O6S/c1-13(12-24(9-6-10-25)19(27)30-20(2,3)4)23-31(28,29)16-8-5-7-14-17(16)15(21)11-22-18(14)26/h5,7-8,11,13,23,25H,6,9-10,12H2,1-4H3,(H,22,26). The van der Waals surface area contributed by atoms with Gasteiger partial charge in [-0.2, -0.15) is 0 Å². The first kappa shape index (κ1) is 24.8. The van der Waals surface area contributed by atoms with Crippen LogP contribution in [0.5, 0.6) is 0 Å². The average molecular weight is 458 g/mol. The van der Waals surface area contributed by atoms with Crippen LogP contribution in [-0.2, 0) is 14.8 Å². The quantitative estimate of drug-likeness (QED) is 0.556. The zero-order chi connectivity index (χ0) is 23.4. The summed E-state index contributed by atoms with van der Waals surface area (Å²) in [6.07, 6.45) is 0.456. The van der Waals surface area contributed by atoms with E-state index >= 15 is 0 Å². The number of hydrogen-bond acceptors (Lipinski definition) is 6. The van der Waals surface area contributed by atoms with Crippen molar-refractivity contribution in [3.63, 3.8) is 0 Å². The molecule has 3 N–H and O–H groups in total. The minimum Gasteiger partial charge on any atom is -0.444 e. The van der Waals surface area contributed by atoms with Gasteiger partial charge in [-0.3, -0.25) is 4.79 Å². The Kier molecular flexibility index (Phi) is 7.79. The Morgan fingerprint density at radius 1 is 1.35 bits per heavy atom. The first-order chi connectivity index (χ1) is 14.4. The highest BCUT2D eigenvalue weighted by atomic mass is 32.2. The lowest BCUT2D eigenvalue weighted by molar-refractivity contribution is 0.0229. The van der Waals surface area contributed by atoms with Crippen LogP contribution in [0.2, 0.25) is 0 Å².